The number of nitrogen functional groups attached to an aromatic ring is 1. The summed E-state index contributed by atoms with van der Waals surface area (Å²) in [6, 6.07) is 0. The van der Waals surface area contributed by atoms with Gasteiger partial charge in [-0.1, -0.05) is 19.3 Å². The number of nitrogens with zero attached hydrogens (tertiary/aromatic N) is 1. The van der Waals surface area contributed by atoms with Gasteiger partial charge in [0.15, 0.2) is 5.82 Å². The van der Waals surface area contributed by atoms with Gasteiger partial charge in [-0.05, 0) is 12.8 Å². The van der Waals surface area contributed by atoms with Crippen LogP contribution in [0, 0.1) is 0 Å². The lowest BCUT2D eigenvalue weighted by Gasteiger charge is -2.32. The SMILES string of the molecule is Nc1c(NCC2(O)CCCCC2)nc[nH]c1=O. The van der Waals surface area contributed by atoms with E-state index in [1.54, 1.807) is 0 Å². The molecule has 0 saturated heterocycles. The summed E-state index contributed by atoms with van der Waals surface area (Å²) in [5, 5.41) is 13.2. The first-order valence-electron chi connectivity index (χ1n) is 5.90. The lowest BCUT2D eigenvalue weighted by molar-refractivity contribution is 0.0167. The van der Waals surface area contributed by atoms with E-state index >= 15 is 0 Å². The first kappa shape index (κ1) is 11.9. The Hall–Kier alpha value is -1.56. The van der Waals surface area contributed by atoms with Crippen LogP contribution in [-0.2, 0) is 0 Å². The fourth-order valence-corrected chi connectivity index (χ4v) is 2.19. The van der Waals surface area contributed by atoms with Gasteiger partial charge in [0, 0.05) is 6.54 Å². The van der Waals surface area contributed by atoms with E-state index < -0.39 is 5.60 Å². The highest BCUT2D eigenvalue weighted by atomic mass is 16.3. The van der Waals surface area contributed by atoms with E-state index in [0.717, 1.165) is 25.7 Å². The van der Waals surface area contributed by atoms with E-state index in [1.807, 2.05) is 0 Å². The van der Waals surface area contributed by atoms with E-state index in [9.17, 15) is 9.90 Å². The van der Waals surface area contributed by atoms with Crippen molar-refractivity contribution in [3.05, 3.63) is 16.7 Å². The number of anilines is 2. The second-order valence-corrected chi connectivity index (χ2v) is 4.63. The minimum Gasteiger partial charge on any atom is -0.391 e. The molecule has 1 aromatic rings. The predicted octanol–water partition coefficient (Wildman–Crippen LogP) is 0.459. The van der Waals surface area contributed by atoms with Crippen molar-refractivity contribution in [1.29, 1.82) is 0 Å². The summed E-state index contributed by atoms with van der Waals surface area (Å²) in [5.74, 6) is 0.341. The first-order valence-corrected chi connectivity index (χ1v) is 5.90. The Morgan fingerprint density at radius 2 is 2.18 bits per heavy atom. The Kier molecular flexibility index (Phi) is 3.33. The number of aromatic amines is 1. The standard InChI is InChI=1S/C11H18N4O2/c12-8-9(14-7-15-10(8)16)13-6-11(17)4-2-1-3-5-11/h7,17H,1-6,12H2,(H2,13,14,15,16). The molecular weight excluding hydrogens is 220 g/mol. The van der Waals surface area contributed by atoms with E-state index in [-0.39, 0.29) is 11.2 Å². The first-order chi connectivity index (χ1) is 8.11. The Labute approximate surface area is 99.3 Å². The number of hydrogen-bond acceptors (Lipinski definition) is 5. The van der Waals surface area contributed by atoms with Crippen molar-refractivity contribution in [2.75, 3.05) is 17.6 Å². The molecule has 6 nitrogen and oxygen atoms in total. The van der Waals surface area contributed by atoms with Crippen LogP contribution >= 0.6 is 0 Å². The molecule has 5 N–H and O–H groups in total. The van der Waals surface area contributed by atoms with Crippen LogP contribution in [0.2, 0.25) is 0 Å². The van der Waals surface area contributed by atoms with Gasteiger partial charge in [0.05, 0.1) is 11.9 Å². The van der Waals surface area contributed by atoms with Gasteiger partial charge in [-0.15, -0.1) is 0 Å². The van der Waals surface area contributed by atoms with E-state index in [2.05, 4.69) is 15.3 Å². The van der Waals surface area contributed by atoms with Crippen LogP contribution in [0.5, 0.6) is 0 Å². The number of rotatable bonds is 3. The molecular formula is C11H18N4O2. The number of nitrogens with one attached hydrogen (secondary N) is 2. The number of H-pyrrole nitrogens is 1. The molecule has 1 aliphatic carbocycles. The van der Waals surface area contributed by atoms with E-state index in [0.29, 0.717) is 12.4 Å². The van der Waals surface area contributed by atoms with Gasteiger partial charge in [-0.2, -0.15) is 0 Å². The number of aliphatic hydroxyl groups is 1. The lowest BCUT2D eigenvalue weighted by atomic mass is 9.85. The van der Waals surface area contributed by atoms with Crippen molar-refractivity contribution in [2.45, 2.75) is 37.7 Å². The van der Waals surface area contributed by atoms with Crippen molar-refractivity contribution >= 4 is 11.5 Å². The van der Waals surface area contributed by atoms with Crippen LogP contribution < -0.4 is 16.6 Å². The zero-order valence-corrected chi connectivity index (χ0v) is 9.70. The third-order valence-electron chi connectivity index (χ3n) is 3.26. The normalized spacial score (nSPS) is 18.9. The smallest absolute Gasteiger partial charge is 0.276 e. The van der Waals surface area contributed by atoms with Crippen molar-refractivity contribution in [3.8, 4) is 0 Å². The number of aromatic nitrogens is 2. The molecule has 94 valence electrons. The topological polar surface area (TPSA) is 104 Å². The monoisotopic (exact) mass is 238 g/mol. The molecule has 1 aromatic heterocycles. The minimum atomic E-state index is -0.699. The number of nitrogens with two attached hydrogens (primary N) is 1. The van der Waals surface area contributed by atoms with Gasteiger partial charge in [-0.3, -0.25) is 4.79 Å². The van der Waals surface area contributed by atoms with Crippen molar-refractivity contribution in [2.24, 2.45) is 0 Å². The lowest BCUT2D eigenvalue weighted by Crippen LogP contribution is -2.39. The molecule has 2 rings (SSSR count). The fourth-order valence-electron chi connectivity index (χ4n) is 2.19. The van der Waals surface area contributed by atoms with Gasteiger partial charge < -0.3 is 21.1 Å². The Balaban J connectivity index is 2.02. The molecule has 0 aromatic carbocycles. The molecule has 0 bridgehead atoms. The predicted molar refractivity (Wildman–Crippen MR) is 65.8 cm³/mol. The summed E-state index contributed by atoms with van der Waals surface area (Å²) in [5.41, 5.74) is 4.59. The Morgan fingerprint density at radius 1 is 1.47 bits per heavy atom. The Bertz CT molecular complexity index is 437. The van der Waals surface area contributed by atoms with Gasteiger partial charge in [0.25, 0.3) is 5.56 Å². The van der Waals surface area contributed by atoms with Gasteiger partial charge in [-0.25, -0.2) is 4.98 Å². The molecule has 0 atom stereocenters. The van der Waals surface area contributed by atoms with Crippen LogP contribution in [0.25, 0.3) is 0 Å². The molecule has 0 spiro atoms. The molecule has 0 radical (unpaired) electrons. The minimum absolute atomic E-state index is 0.0620. The maximum absolute atomic E-state index is 11.2. The molecule has 0 unspecified atom stereocenters. The summed E-state index contributed by atoms with van der Waals surface area (Å²) in [6.45, 7) is 0.383. The molecule has 0 aliphatic heterocycles. The van der Waals surface area contributed by atoms with Crippen molar-refractivity contribution in [1.82, 2.24) is 9.97 Å². The van der Waals surface area contributed by atoms with Crippen LogP contribution in [-0.4, -0.2) is 27.2 Å². The molecule has 17 heavy (non-hydrogen) atoms. The highest BCUT2D eigenvalue weighted by Crippen LogP contribution is 2.28. The van der Waals surface area contributed by atoms with Gasteiger partial charge in [0.2, 0.25) is 0 Å². The zero-order chi connectivity index (χ0) is 12.3. The summed E-state index contributed by atoms with van der Waals surface area (Å²) < 4.78 is 0. The molecule has 1 heterocycles. The van der Waals surface area contributed by atoms with Crippen molar-refractivity contribution < 1.29 is 5.11 Å². The molecule has 6 heteroatoms. The maximum Gasteiger partial charge on any atom is 0.276 e. The highest BCUT2D eigenvalue weighted by molar-refractivity contribution is 5.58. The average Bonchev–Trinajstić information content (AvgIpc) is 2.32. The van der Waals surface area contributed by atoms with Gasteiger partial charge >= 0.3 is 0 Å². The average molecular weight is 238 g/mol. The number of hydrogen-bond donors (Lipinski definition) is 4. The molecule has 0 amide bonds. The molecule has 1 aliphatic rings. The van der Waals surface area contributed by atoms with Crippen molar-refractivity contribution in [3.63, 3.8) is 0 Å². The largest absolute Gasteiger partial charge is 0.391 e. The second-order valence-electron chi connectivity index (χ2n) is 4.63. The fraction of sp³-hybridized carbons (Fsp3) is 0.636. The van der Waals surface area contributed by atoms with Gasteiger partial charge in [0.1, 0.15) is 5.69 Å². The maximum atomic E-state index is 11.2. The zero-order valence-electron chi connectivity index (χ0n) is 9.70. The third kappa shape index (κ3) is 2.76. The second kappa shape index (κ2) is 4.75. The highest BCUT2D eigenvalue weighted by Gasteiger charge is 2.29. The summed E-state index contributed by atoms with van der Waals surface area (Å²) in [7, 11) is 0. The summed E-state index contributed by atoms with van der Waals surface area (Å²) in [4.78, 5) is 17.6. The van der Waals surface area contributed by atoms with E-state index in [4.69, 9.17) is 5.73 Å². The summed E-state index contributed by atoms with van der Waals surface area (Å²) in [6.07, 6.45) is 6.11. The molecule has 1 fully saturated rings. The Morgan fingerprint density at radius 3 is 2.88 bits per heavy atom. The van der Waals surface area contributed by atoms with Crippen LogP contribution in [0.3, 0.4) is 0 Å². The van der Waals surface area contributed by atoms with E-state index in [1.165, 1.54) is 12.7 Å². The van der Waals surface area contributed by atoms with Crippen LogP contribution in [0.15, 0.2) is 11.1 Å². The third-order valence-corrected chi connectivity index (χ3v) is 3.26. The quantitative estimate of drug-likeness (QED) is 0.612. The van der Waals surface area contributed by atoms with Crippen LogP contribution in [0.4, 0.5) is 11.5 Å². The van der Waals surface area contributed by atoms with Crippen LogP contribution in [0.1, 0.15) is 32.1 Å². The molecule has 1 saturated carbocycles. The summed E-state index contributed by atoms with van der Waals surface area (Å²) >= 11 is 0.